The summed E-state index contributed by atoms with van der Waals surface area (Å²) in [6.07, 6.45) is 19.1. The van der Waals surface area contributed by atoms with Gasteiger partial charge in [0.25, 0.3) is 0 Å². The maximum absolute atomic E-state index is 8.82. The van der Waals surface area contributed by atoms with Crippen LogP contribution in [0.5, 0.6) is 0 Å². The maximum atomic E-state index is 8.82. The molecule has 10 nitrogen and oxygen atoms in total. The van der Waals surface area contributed by atoms with E-state index in [0.29, 0.717) is 6.04 Å². The molecule has 256 valence electrons. The first kappa shape index (κ1) is 40.3. The van der Waals surface area contributed by atoms with E-state index in [1.54, 1.807) is 12.4 Å². The first-order chi connectivity index (χ1) is 22.0. The Balaban J connectivity index is 0.000000252. The zero-order valence-electron chi connectivity index (χ0n) is 27.4. The summed E-state index contributed by atoms with van der Waals surface area (Å²) in [4.78, 5) is 39.6. The van der Waals surface area contributed by atoms with E-state index in [1.165, 1.54) is 38.5 Å². The van der Waals surface area contributed by atoms with Crippen molar-refractivity contribution >= 4 is 55.2 Å². The third-order valence-electron chi connectivity index (χ3n) is 8.02. The number of aromatic nitrogens is 4. The van der Waals surface area contributed by atoms with E-state index in [0.717, 1.165) is 92.8 Å². The monoisotopic (exact) mass is 702 g/mol. The Labute approximate surface area is 286 Å². The van der Waals surface area contributed by atoms with E-state index in [9.17, 15) is 0 Å². The lowest BCUT2D eigenvalue weighted by Gasteiger charge is -2.31. The van der Waals surface area contributed by atoms with Crippen molar-refractivity contribution in [3.05, 3.63) is 35.9 Å². The van der Waals surface area contributed by atoms with Gasteiger partial charge in [0.15, 0.2) is 18.1 Å². The first-order valence-electron chi connectivity index (χ1n) is 16.4. The molecule has 3 aliphatic rings. The summed E-state index contributed by atoms with van der Waals surface area (Å²) in [6.45, 7) is 6.11. The van der Waals surface area contributed by atoms with Crippen LogP contribution in [0, 0.1) is 0 Å². The van der Waals surface area contributed by atoms with Crippen molar-refractivity contribution < 1.29 is 18.8 Å². The Morgan fingerprint density at radius 1 is 0.822 bits per heavy atom. The van der Waals surface area contributed by atoms with Crippen molar-refractivity contribution in [2.45, 2.75) is 116 Å². The highest BCUT2D eigenvalue weighted by molar-refractivity contribution is 7.80. The van der Waals surface area contributed by atoms with Crippen molar-refractivity contribution in [3.63, 3.8) is 0 Å². The second-order valence-electron chi connectivity index (χ2n) is 11.4. The third kappa shape index (κ3) is 16.2. The van der Waals surface area contributed by atoms with Gasteiger partial charge >= 0.3 is 0 Å². The molecule has 1 saturated heterocycles. The van der Waals surface area contributed by atoms with Crippen molar-refractivity contribution in [1.82, 2.24) is 19.9 Å². The first-order valence-corrected chi connectivity index (χ1v) is 19.4. The number of anilines is 2. The lowest BCUT2D eigenvalue weighted by molar-refractivity contribution is 0.180. The van der Waals surface area contributed by atoms with Crippen LogP contribution < -0.4 is 9.80 Å². The molecule has 1 aliphatic heterocycles. The molecule has 0 spiro atoms. The van der Waals surface area contributed by atoms with Crippen molar-refractivity contribution in [3.8, 4) is 0 Å². The minimum absolute atomic E-state index is 0.163. The summed E-state index contributed by atoms with van der Waals surface area (Å²) < 4.78 is 10.5. The average molecular weight is 703 g/mol. The van der Waals surface area contributed by atoms with Crippen LogP contribution in [0.4, 0.5) is 11.9 Å². The molecule has 0 amide bonds. The standard InChI is InChI=1S/C12H20N3O2PS.C11H18N3O2PS.C4H8.C4H10/c1-15(10-2-3-11(8-10)17-18-16)12-13-6-4-9(14-12)5-7-19;15-17-16-10-2-6-14(7-3-10)11-12-5-1-9(13-11)4-8-18;1-2-4-3-1;1-3-4-2/h4,6,10-11,16,18-19H,2-3,5,7-8H2,1H3;1,5,10,15,17-18H,2-4,6-8H2;1-4H2;3-4H2,1-2H3. The molecule has 14 heteroatoms. The smallest absolute Gasteiger partial charge is 0.225 e. The summed E-state index contributed by atoms with van der Waals surface area (Å²) in [5, 5.41) is 0. The van der Waals surface area contributed by atoms with E-state index in [4.69, 9.17) is 18.8 Å². The van der Waals surface area contributed by atoms with Crippen LogP contribution in [-0.4, -0.2) is 79.6 Å². The summed E-state index contributed by atoms with van der Waals surface area (Å²) in [5.41, 5.74) is 2.06. The van der Waals surface area contributed by atoms with Gasteiger partial charge in [0.1, 0.15) is 0 Å². The van der Waals surface area contributed by atoms with Gasteiger partial charge in [-0.15, -0.1) is 0 Å². The molecule has 2 aromatic heterocycles. The SMILES string of the molecule is C1CCC1.CCCC.CN(c1nccc(CCS)n1)C1CCC(OPO)C1.OPOC1CCN(c2nccc(CCS)n2)CC1. The van der Waals surface area contributed by atoms with Crippen molar-refractivity contribution in [1.29, 1.82) is 0 Å². The Morgan fingerprint density at radius 3 is 1.91 bits per heavy atom. The number of rotatable bonds is 12. The third-order valence-corrected chi connectivity index (χ3v) is 9.35. The van der Waals surface area contributed by atoms with Gasteiger partial charge in [0.2, 0.25) is 11.9 Å². The molecule has 2 saturated carbocycles. The number of thiol groups is 2. The molecule has 2 N–H and O–H groups in total. The Bertz CT molecular complexity index is 1020. The fraction of sp³-hybridized carbons (Fsp3) is 0.742. The number of aryl methyl sites for hydroxylation is 2. The maximum Gasteiger partial charge on any atom is 0.225 e. The molecular weight excluding hydrogens is 646 g/mol. The van der Waals surface area contributed by atoms with Crippen LogP contribution in [0.1, 0.15) is 95.9 Å². The zero-order chi connectivity index (χ0) is 32.7. The quantitative estimate of drug-likeness (QED) is 0.142. The Kier molecular flexibility index (Phi) is 22.6. The molecule has 2 aromatic rings. The minimum atomic E-state index is -0.419. The fourth-order valence-corrected chi connectivity index (χ4v) is 5.92. The molecular formula is C31H56N6O4P2S2. The number of hydrogen-bond acceptors (Lipinski definition) is 12. The topological polar surface area (TPSA) is 117 Å². The van der Waals surface area contributed by atoms with Crippen LogP contribution in [-0.2, 0) is 21.9 Å². The van der Waals surface area contributed by atoms with Gasteiger partial charge in [-0.1, -0.05) is 52.4 Å². The highest BCUT2D eigenvalue weighted by Crippen LogP contribution is 2.30. The van der Waals surface area contributed by atoms with Gasteiger partial charge in [0.05, 0.1) is 12.2 Å². The van der Waals surface area contributed by atoms with Gasteiger partial charge in [-0.3, -0.25) is 0 Å². The average Bonchev–Trinajstić information content (AvgIpc) is 3.50. The second kappa shape index (κ2) is 25.2. The Morgan fingerprint density at radius 2 is 1.38 bits per heavy atom. The van der Waals surface area contributed by atoms with E-state index < -0.39 is 18.1 Å². The van der Waals surface area contributed by atoms with Crippen LogP contribution >= 0.6 is 43.3 Å². The summed E-state index contributed by atoms with van der Waals surface area (Å²) >= 11 is 8.44. The molecule has 45 heavy (non-hydrogen) atoms. The van der Waals surface area contributed by atoms with E-state index in [-0.39, 0.29) is 12.2 Å². The van der Waals surface area contributed by atoms with E-state index in [1.807, 2.05) is 19.2 Å². The molecule has 5 rings (SSSR count). The van der Waals surface area contributed by atoms with Crippen LogP contribution in [0.3, 0.4) is 0 Å². The molecule has 4 unspecified atom stereocenters. The second-order valence-corrected chi connectivity index (χ2v) is 13.1. The predicted octanol–water partition coefficient (Wildman–Crippen LogP) is 6.63. The lowest BCUT2D eigenvalue weighted by atomic mass is 10.0. The van der Waals surface area contributed by atoms with Crippen molar-refractivity contribution in [2.24, 2.45) is 0 Å². The molecule has 0 aromatic carbocycles. The number of hydrogen-bond donors (Lipinski definition) is 4. The zero-order valence-corrected chi connectivity index (χ0v) is 31.1. The summed E-state index contributed by atoms with van der Waals surface area (Å²) in [7, 11) is 1.19. The largest absolute Gasteiger partial charge is 0.352 e. The van der Waals surface area contributed by atoms with Gasteiger partial charge in [-0.25, -0.2) is 19.9 Å². The van der Waals surface area contributed by atoms with Crippen LogP contribution in [0.2, 0.25) is 0 Å². The summed E-state index contributed by atoms with van der Waals surface area (Å²) in [6, 6.07) is 4.25. The van der Waals surface area contributed by atoms with Crippen molar-refractivity contribution in [2.75, 3.05) is 41.4 Å². The molecule has 0 bridgehead atoms. The van der Waals surface area contributed by atoms with E-state index >= 15 is 0 Å². The number of unbranched alkanes of at least 4 members (excludes halogenated alkanes) is 1. The normalized spacial score (nSPS) is 19.8. The van der Waals surface area contributed by atoms with Gasteiger partial charge in [-0.05, 0) is 68.6 Å². The molecule has 4 atom stereocenters. The molecule has 2 aliphatic carbocycles. The lowest BCUT2D eigenvalue weighted by Crippen LogP contribution is -2.37. The Hall–Kier alpha value is -0.840. The number of piperidine rings is 1. The van der Waals surface area contributed by atoms with Gasteiger partial charge in [0, 0.05) is 50.0 Å². The highest BCUT2D eigenvalue weighted by Gasteiger charge is 2.29. The predicted molar refractivity (Wildman–Crippen MR) is 197 cm³/mol. The highest BCUT2D eigenvalue weighted by atomic mass is 32.1. The van der Waals surface area contributed by atoms with E-state index in [2.05, 4.69) is 68.8 Å². The fourth-order valence-electron chi connectivity index (χ4n) is 4.71. The molecule has 0 radical (unpaired) electrons. The van der Waals surface area contributed by atoms with Crippen LogP contribution in [0.25, 0.3) is 0 Å². The molecule has 3 heterocycles. The van der Waals surface area contributed by atoms with Crippen LogP contribution in [0.15, 0.2) is 24.5 Å². The van der Waals surface area contributed by atoms with Gasteiger partial charge < -0.3 is 28.6 Å². The summed E-state index contributed by atoms with van der Waals surface area (Å²) in [5.74, 6) is 3.14. The number of nitrogens with zero attached hydrogens (tertiary/aromatic N) is 6. The van der Waals surface area contributed by atoms with Gasteiger partial charge in [-0.2, -0.15) is 25.3 Å². The molecule has 3 fully saturated rings. The minimum Gasteiger partial charge on any atom is -0.352 e.